The summed E-state index contributed by atoms with van der Waals surface area (Å²) in [5.74, 6) is 0.792. The van der Waals surface area contributed by atoms with Crippen LogP contribution in [0.3, 0.4) is 0 Å². The number of ether oxygens (including phenoxy) is 1. The van der Waals surface area contributed by atoms with Crippen LogP contribution in [0.2, 0.25) is 0 Å². The maximum absolute atomic E-state index is 12.6. The van der Waals surface area contributed by atoms with E-state index < -0.39 is 0 Å². The Hall–Kier alpha value is -3.13. The number of carbonyl (C=O) groups is 1. The summed E-state index contributed by atoms with van der Waals surface area (Å²) in [4.78, 5) is 29.0. The molecule has 0 saturated carbocycles. The van der Waals surface area contributed by atoms with Crippen LogP contribution in [-0.4, -0.2) is 69.2 Å². The number of nitrogens with zero attached hydrogens (tertiary/aromatic N) is 5. The van der Waals surface area contributed by atoms with Gasteiger partial charge >= 0.3 is 5.69 Å². The monoisotopic (exact) mass is 381 g/mol. The van der Waals surface area contributed by atoms with E-state index in [2.05, 4.69) is 10.00 Å². The fraction of sp³-hybridized carbons (Fsp3) is 0.350. The zero-order valence-electron chi connectivity index (χ0n) is 15.6. The summed E-state index contributed by atoms with van der Waals surface area (Å²) in [7, 11) is 0. The summed E-state index contributed by atoms with van der Waals surface area (Å²) < 4.78 is 8.41. The SMILES string of the molecule is O=C(Cn1nc2ccccn2c1=O)N1CCN(CCOc2ccccc2)CC1. The second-order valence-electron chi connectivity index (χ2n) is 6.75. The van der Waals surface area contributed by atoms with Gasteiger partial charge in [-0.05, 0) is 24.3 Å². The minimum absolute atomic E-state index is 0.0301. The van der Waals surface area contributed by atoms with Gasteiger partial charge in [-0.15, -0.1) is 5.10 Å². The van der Waals surface area contributed by atoms with Crippen molar-refractivity contribution in [3.8, 4) is 5.75 Å². The van der Waals surface area contributed by atoms with Crippen LogP contribution in [0.1, 0.15) is 0 Å². The molecule has 0 unspecified atom stereocenters. The molecule has 1 saturated heterocycles. The Morgan fingerprint density at radius 3 is 2.50 bits per heavy atom. The highest BCUT2D eigenvalue weighted by Gasteiger charge is 2.22. The second-order valence-corrected chi connectivity index (χ2v) is 6.75. The molecular weight excluding hydrogens is 358 g/mol. The third kappa shape index (κ3) is 4.07. The molecule has 0 atom stereocenters. The normalized spacial score (nSPS) is 15.1. The molecule has 0 bridgehead atoms. The average molecular weight is 381 g/mol. The molecule has 0 spiro atoms. The largest absolute Gasteiger partial charge is 0.492 e. The Morgan fingerprint density at radius 1 is 1.00 bits per heavy atom. The summed E-state index contributed by atoms with van der Waals surface area (Å²) in [5, 5.41) is 4.22. The molecule has 146 valence electrons. The van der Waals surface area contributed by atoms with E-state index in [4.69, 9.17) is 4.74 Å². The average Bonchev–Trinajstić information content (AvgIpc) is 3.05. The van der Waals surface area contributed by atoms with Crippen molar-refractivity contribution in [3.63, 3.8) is 0 Å². The number of amides is 1. The maximum atomic E-state index is 12.6. The van der Waals surface area contributed by atoms with Crippen molar-refractivity contribution in [1.29, 1.82) is 0 Å². The first-order valence-electron chi connectivity index (χ1n) is 9.43. The van der Waals surface area contributed by atoms with Crippen molar-refractivity contribution in [1.82, 2.24) is 24.0 Å². The molecule has 8 heteroatoms. The van der Waals surface area contributed by atoms with E-state index in [9.17, 15) is 9.59 Å². The summed E-state index contributed by atoms with van der Waals surface area (Å²) >= 11 is 0. The van der Waals surface area contributed by atoms with Gasteiger partial charge in [-0.3, -0.25) is 14.1 Å². The summed E-state index contributed by atoms with van der Waals surface area (Å²) in [5.41, 5.74) is 0.254. The first kappa shape index (κ1) is 18.2. The Bertz CT molecular complexity index is 990. The highest BCUT2D eigenvalue weighted by Crippen LogP contribution is 2.09. The lowest BCUT2D eigenvalue weighted by atomic mass is 10.3. The van der Waals surface area contributed by atoms with Gasteiger partial charge in [0, 0.05) is 38.9 Å². The molecule has 1 fully saturated rings. The minimum Gasteiger partial charge on any atom is -0.492 e. The number of rotatable bonds is 6. The molecular formula is C20H23N5O3. The standard InChI is InChI=1S/C20H23N5O3/c26-19(16-25-20(27)24-9-5-4-8-18(24)21-25)23-12-10-22(11-13-23)14-15-28-17-6-2-1-3-7-17/h1-9H,10-16H2. The molecule has 3 heterocycles. The molecule has 0 aliphatic carbocycles. The van der Waals surface area contributed by atoms with Crippen molar-refractivity contribution >= 4 is 11.6 Å². The Balaban J connectivity index is 1.25. The highest BCUT2D eigenvalue weighted by molar-refractivity contribution is 5.76. The van der Waals surface area contributed by atoms with E-state index in [-0.39, 0.29) is 18.1 Å². The van der Waals surface area contributed by atoms with Crippen LogP contribution < -0.4 is 10.4 Å². The van der Waals surface area contributed by atoms with Crippen molar-refractivity contribution in [2.24, 2.45) is 0 Å². The highest BCUT2D eigenvalue weighted by atomic mass is 16.5. The summed E-state index contributed by atoms with van der Waals surface area (Å²) in [6.07, 6.45) is 1.65. The third-order valence-corrected chi connectivity index (χ3v) is 4.92. The maximum Gasteiger partial charge on any atom is 0.350 e. The van der Waals surface area contributed by atoms with Crippen LogP contribution in [0.4, 0.5) is 0 Å². The lowest BCUT2D eigenvalue weighted by molar-refractivity contribution is -0.133. The van der Waals surface area contributed by atoms with Crippen LogP contribution in [0.5, 0.6) is 5.75 Å². The van der Waals surface area contributed by atoms with Crippen molar-refractivity contribution in [3.05, 3.63) is 65.2 Å². The quantitative estimate of drug-likeness (QED) is 0.629. The van der Waals surface area contributed by atoms with E-state index in [1.807, 2.05) is 36.4 Å². The van der Waals surface area contributed by atoms with E-state index in [1.54, 1.807) is 23.2 Å². The van der Waals surface area contributed by atoms with Gasteiger partial charge in [0.1, 0.15) is 18.9 Å². The van der Waals surface area contributed by atoms with Crippen molar-refractivity contribution in [2.45, 2.75) is 6.54 Å². The molecule has 1 amide bonds. The van der Waals surface area contributed by atoms with E-state index >= 15 is 0 Å². The molecule has 0 N–H and O–H groups in total. The van der Waals surface area contributed by atoms with E-state index in [0.29, 0.717) is 25.3 Å². The lowest BCUT2D eigenvalue weighted by Crippen LogP contribution is -2.50. The number of para-hydroxylation sites is 1. The van der Waals surface area contributed by atoms with Gasteiger partial charge < -0.3 is 9.64 Å². The molecule has 2 aromatic heterocycles. The van der Waals surface area contributed by atoms with Gasteiger partial charge in [0.25, 0.3) is 0 Å². The van der Waals surface area contributed by atoms with Crippen LogP contribution in [0.15, 0.2) is 59.5 Å². The number of benzene rings is 1. The predicted molar refractivity (Wildman–Crippen MR) is 104 cm³/mol. The summed E-state index contributed by atoms with van der Waals surface area (Å²) in [6.45, 7) is 4.29. The molecule has 28 heavy (non-hydrogen) atoms. The first-order chi connectivity index (χ1) is 13.7. The van der Waals surface area contributed by atoms with Gasteiger partial charge in [-0.2, -0.15) is 0 Å². The molecule has 8 nitrogen and oxygen atoms in total. The van der Waals surface area contributed by atoms with E-state index in [1.165, 1.54) is 9.08 Å². The fourth-order valence-corrected chi connectivity index (χ4v) is 3.33. The third-order valence-electron chi connectivity index (χ3n) is 4.92. The summed E-state index contributed by atoms with van der Waals surface area (Å²) in [6, 6.07) is 15.1. The molecule has 3 aromatic rings. The van der Waals surface area contributed by atoms with Crippen molar-refractivity contribution in [2.75, 3.05) is 39.3 Å². The lowest BCUT2D eigenvalue weighted by Gasteiger charge is -2.34. The molecule has 4 rings (SSSR count). The van der Waals surface area contributed by atoms with Gasteiger partial charge in [-0.25, -0.2) is 9.48 Å². The zero-order chi connectivity index (χ0) is 19.3. The number of aromatic nitrogens is 3. The number of hydrogen-bond acceptors (Lipinski definition) is 5. The smallest absolute Gasteiger partial charge is 0.350 e. The van der Waals surface area contributed by atoms with E-state index in [0.717, 1.165) is 25.4 Å². The second kappa shape index (κ2) is 8.26. The molecule has 0 radical (unpaired) electrons. The predicted octanol–water partition coefficient (Wildman–Crippen LogP) is 0.719. The number of hydrogen-bond donors (Lipinski definition) is 0. The Morgan fingerprint density at radius 2 is 1.75 bits per heavy atom. The Labute approximate surface area is 162 Å². The van der Waals surface area contributed by atoms with Crippen LogP contribution in [0.25, 0.3) is 5.65 Å². The topological polar surface area (TPSA) is 72.1 Å². The number of fused-ring (bicyclic) bond motifs is 1. The molecule has 1 aliphatic rings. The first-order valence-corrected chi connectivity index (χ1v) is 9.43. The number of piperazine rings is 1. The van der Waals surface area contributed by atoms with Crippen LogP contribution >= 0.6 is 0 Å². The number of pyridine rings is 1. The van der Waals surface area contributed by atoms with Crippen LogP contribution in [-0.2, 0) is 11.3 Å². The Kier molecular flexibility index (Phi) is 5.38. The van der Waals surface area contributed by atoms with Gasteiger partial charge in [0.2, 0.25) is 5.91 Å². The minimum atomic E-state index is -0.291. The zero-order valence-corrected chi connectivity index (χ0v) is 15.6. The molecule has 1 aromatic carbocycles. The van der Waals surface area contributed by atoms with Gasteiger partial charge in [-0.1, -0.05) is 24.3 Å². The molecule has 1 aliphatic heterocycles. The number of carbonyl (C=O) groups excluding carboxylic acids is 1. The van der Waals surface area contributed by atoms with Crippen molar-refractivity contribution < 1.29 is 9.53 Å². The van der Waals surface area contributed by atoms with Gasteiger partial charge in [0.15, 0.2) is 5.65 Å². The van der Waals surface area contributed by atoms with Gasteiger partial charge in [0.05, 0.1) is 0 Å². The van der Waals surface area contributed by atoms with Crippen LogP contribution in [0, 0.1) is 0 Å². The fourth-order valence-electron chi connectivity index (χ4n) is 3.33.